The van der Waals surface area contributed by atoms with Crippen molar-refractivity contribution in [1.82, 2.24) is 30.0 Å². The van der Waals surface area contributed by atoms with Crippen molar-refractivity contribution in [3.8, 4) is 11.4 Å². The fourth-order valence-electron chi connectivity index (χ4n) is 6.89. The normalized spacial score (nSPS) is 18.7. The third-order valence-corrected chi connectivity index (χ3v) is 9.75. The van der Waals surface area contributed by atoms with Crippen LogP contribution in [-0.4, -0.2) is 99.7 Å². The van der Waals surface area contributed by atoms with Gasteiger partial charge in [-0.25, -0.2) is 14.6 Å². The van der Waals surface area contributed by atoms with Gasteiger partial charge in [-0.1, -0.05) is 6.07 Å². The summed E-state index contributed by atoms with van der Waals surface area (Å²) in [7, 11) is 0. The van der Waals surface area contributed by atoms with Gasteiger partial charge >= 0.3 is 6.18 Å². The van der Waals surface area contributed by atoms with E-state index in [1.165, 1.54) is 10.9 Å². The number of pyridine rings is 2. The molecule has 18 heteroatoms. The van der Waals surface area contributed by atoms with Crippen molar-refractivity contribution in [2.45, 2.75) is 44.0 Å². The molecule has 3 fully saturated rings. The zero-order chi connectivity index (χ0) is 38.0. The highest BCUT2D eigenvalue weighted by Gasteiger charge is 2.33. The molecule has 4 aromatic rings. The minimum atomic E-state index is -4.73. The van der Waals surface area contributed by atoms with Crippen LogP contribution in [0.4, 0.5) is 30.4 Å². The number of piperidine rings is 2. The second-order valence-corrected chi connectivity index (χ2v) is 13.2. The van der Waals surface area contributed by atoms with E-state index in [1.54, 1.807) is 12.3 Å². The summed E-state index contributed by atoms with van der Waals surface area (Å²) in [5.74, 6) is -1.25. The second-order valence-electron chi connectivity index (χ2n) is 13.2. The molecule has 0 bridgehead atoms. The van der Waals surface area contributed by atoms with Crippen molar-refractivity contribution in [3.63, 3.8) is 0 Å². The van der Waals surface area contributed by atoms with E-state index in [2.05, 4.69) is 40.4 Å². The topological polar surface area (TPSA) is 181 Å². The Morgan fingerprint density at radius 2 is 1.61 bits per heavy atom. The Morgan fingerprint density at radius 3 is 2.26 bits per heavy atom. The highest BCUT2D eigenvalue weighted by atomic mass is 19.4. The number of hydrogen-bond acceptors (Lipinski definition) is 11. The number of primary amides is 1. The molecule has 1 unspecified atom stereocenters. The maximum atomic E-state index is 13.1. The Balaban J connectivity index is 0.900. The Kier molecular flexibility index (Phi) is 10.2. The number of carbonyl (C=O) groups excluding carboxylic acids is 4. The molecule has 3 aromatic heterocycles. The monoisotopic (exact) mass is 746 g/mol. The molecular weight excluding hydrogens is 709 g/mol. The smallest absolute Gasteiger partial charge is 0.433 e. The van der Waals surface area contributed by atoms with Crippen molar-refractivity contribution in [1.29, 1.82) is 0 Å². The van der Waals surface area contributed by atoms with Crippen LogP contribution in [0.25, 0.3) is 5.69 Å². The highest BCUT2D eigenvalue weighted by molar-refractivity contribution is 6.07. The van der Waals surface area contributed by atoms with E-state index in [1.807, 2.05) is 30.3 Å². The SMILES string of the molecule is NC(=O)c1nn(-c2ccc(N3CCN(C4CCN(c5ccc(OC6CCC(=O)NC6=O)cn5)CC4)CC3)cc2)cc1NC(=O)c1cccc(C(F)(F)F)n1. The van der Waals surface area contributed by atoms with Crippen LogP contribution in [0.5, 0.6) is 5.75 Å². The average Bonchev–Trinajstić information content (AvgIpc) is 3.60. The maximum Gasteiger partial charge on any atom is 0.433 e. The van der Waals surface area contributed by atoms with Crippen molar-refractivity contribution in [2.75, 3.05) is 54.4 Å². The van der Waals surface area contributed by atoms with Gasteiger partial charge in [0.1, 0.15) is 23.0 Å². The van der Waals surface area contributed by atoms with Gasteiger partial charge in [-0.3, -0.25) is 29.4 Å². The number of rotatable bonds is 9. The molecule has 0 spiro atoms. The number of anilines is 3. The molecule has 282 valence electrons. The number of halogens is 3. The number of piperazine rings is 1. The summed E-state index contributed by atoms with van der Waals surface area (Å²) in [5.41, 5.74) is 5.05. The third-order valence-electron chi connectivity index (χ3n) is 9.75. The first-order chi connectivity index (χ1) is 25.9. The molecular formula is C36H37F3N10O5. The number of imide groups is 1. The number of hydrogen-bond donors (Lipinski definition) is 3. The first kappa shape index (κ1) is 36.3. The number of benzene rings is 1. The molecule has 1 atom stereocenters. The average molecular weight is 747 g/mol. The number of aromatic nitrogens is 4. The molecule has 6 heterocycles. The summed E-state index contributed by atoms with van der Waals surface area (Å²) in [5, 5.41) is 8.91. The molecule has 3 saturated heterocycles. The molecule has 0 radical (unpaired) electrons. The van der Waals surface area contributed by atoms with Crippen molar-refractivity contribution in [3.05, 3.63) is 84.1 Å². The lowest BCUT2D eigenvalue weighted by Crippen LogP contribution is -2.53. The van der Waals surface area contributed by atoms with E-state index >= 15 is 0 Å². The van der Waals surface area contributed by atoms with E-state index in [9.17, 15) is 32.3 Å². The zero-order valence-corrected chi connectivity index (χ0v) is 29.0. The fraction of sp³-hybridized carbons (Fsp3) is 0.361. The Hall–Kier alpha value is -6.04. The molecule has 15 nitrogen and oxygen atoms in total. The molecule has 0 aliphatic carbocycles. The van der Waals surface area contributed by atoms with Gasteiger partial charge in [0.05, 0.1) is 23.8 Å². The molecule has 4 amide bonds. The molecule has 54 heavy (non-hydrogen) atoms. The molecule has 0 saturated carbocycles. The van der Waals surface area contributed by atoms with Gasteiger partial charge in [-0.2, -0.15) is 18.3 Å². The largest absolute Gasteiger partial charge is 0.479 e. The number of carbonyl (C=O) groups is 4. The molecule has 4 N–H and O–H groups in total. The van der Waals surface area contributed by atoms with E-state index in [0.29, 0.717) is 23.9 Å². The first-order valence-electron chi connectivity index (χ1n) is 17.5. The van der Waals surface area contributed by atoms with Crippen LogP contribution in [0.15, 0.2) is 67.0 Å². The number of nitrogens with two attached hydrogens (primary N) is 1. The van der Waals surface area contributed by atoms with E-state index in [-0.39, 0.29) is 23.7 Å². The van der Waals surface area contributed by atoms with Crippen molar-refractivity contribution < 1.29 is 37.1 Å². The molecule has 3 aliphatic heterocycles. The van der Waals surface area contributed by atoms with Crippen molar-refractivity contribution in [2.24, 2.45) is 5.73 Å². The number of amides is 4. The van der Waals surface area contributed by atoms with E-state index in [0.717, 1.165) is 81.8 Å². The summed E-state index contributed by atoms with van der Waals surface area (Å²) in [6.07, 6.45) is 0.153. The Morgan fingerprint density at radius 1 is 0.889 bits per heavy atom. The minimum absolute atomic E-state index is 0.0662. The second kappa shape index (κ2) is 15.1. The maximum absolute atomic E-state index is 13.1. The van der Waals surface area contributed by atoms with Gasteiger partial charge < -0.3 is 25.6 Å². The van der Waals surface area contributed by atoms with Crippen LogP contribution < -0.4 is 30.9 Å². The van der Waals surface area contributed by atoms with Crippen molar-refractivity contribution >= 4 is 40.8 Å². The van der Waals surface area contributed by atoms with E-state index in [4.69, 9.17) is 10.5 Å². The van der Waals surface area contributed by atoms with Gasteiger partial charge in [0.25, 0.3) is 17.7 Å². The van der Waals surface area contributed by atoms with Crippen LogP contribution in [0, 0.1) is 0 Å². The van der Waals surface area contributed by atoms with E-state index < -0.39 is 41.4 Å². The lowest BCUT2D eigenvalue weighted by molar-refractivity contribution is -0.141. The van der Waals surface area contributed by atoms with Crippen LogP contribution >= 0.6 is 0 Å². The van der Waals surface area contributed by atoms with Gasteiger partial charge in [0, 0.05) is 63.8 Å². The zero-order valence-electron chi connectivity index (χ0n) is 29.0. The Labute approximate surface area is 307 Å². The van der Waals surface area contributed by atoms with Crippen LogP contribution in [0.2, 0.25) is 0 Å². The van der Waals surface area contributed by atoms with Gasteiger partial charge in [-0.15, -0.1) is 0 Å². The lowest BCUT2D eigenvalue weighted by atomic mass is 10.0. The number of nitrogens with zero attached hydrogens (tertiary/aromatic N) is 7. The van der Waals surface area contributed by atoms with Gasteiger partial charge in [0.2, 0.25) is 5.91 Å². The number of nitrogens with one attached hydrogen (secondary N) is 2. The summed E-state index contributed by atoms with van der Waals surface area (Å²) >= 11 is 0. The number of ether oxygens (including phenoxy) is 1. The summed E-state index contributed by atoms with van der Waals surface area (Å²) in [6.45, 7) is 5.21. The predicted octanol–water partition coefficient (Wildman–Crippen LogP) is 3.01. The Bertz CT molecular complexity index is 2020. The summed E-state index contributed by atoms with van der Waals surface area (Å²) in [4.78, 5) is 63.3. The highest BCUT2D eigenvalue weighted by Crippen LogP contribution is 2.29. The standard InChI is InChI=1S/C36H37F3N10O5/c37-36(38,39)29-3-1-2-26(42-29)34(52)43-27-21-49(45-32(27)33(40)51)24-6-4-22(5-7-24)46-16-18-47(19-17-46)23-12-14-48(15-13-23)30-10-8-25(20-41-30)54-28-9-11-31(50)44-35(28)53/h1-8,10,20-21,23,28H,9,11-19H2,(H2,40,51)(H,43,52)(H,44,50,53). The number of alkyl halides is 3. The minimum Gasteiger partial charge on any atom is -0.479 e. The molecule has 1 aromatic carbocycles. The van der Waals surface area contributed by atoms with Crippen LogP contribution in [0.1, 0.15) is 52.4 Å². The van der Waals surface area contributed by atoms with Crippen LogP contribution in [0.3, 0.4) is 0 Å². The lowest BCUT2D eigenvalue weighted by Gasteiger charge is -2.43. The fourth-order valence-corrected chi connectivity index (χ4v) is 6.89. The van der Waals surface area contributed by atoms with Gasteiger partial charge in [-0.05, 0) is 61.4 Å². The van der Waals surface area contributed by atoms with Crippen LogP contribution in [-0.2, 0) is 15.8 Å². The first-order valence-corrected chi connectivity index (χ1v) is 17.5. The summed E-state index contributed by atoms with van der Waals surface area (Å²) < 4.78 is 46.4. The molecule has 3 aliphatic rings. The van der Waals surface area contributed by atoms with Gasteiger partial charge in [0.15, 0.2) is 11.8 Å². The molecule has 7 rings (SSSR count). The summed E-state index contributed by atoms with van der Waals surface area (Å²) in [6, 6.07) is 14.6. The third kappa shape index (κ3) is 8.12. The predicted molar refractivity (Wildman–Crippen MR) is 189 cm³/mol. The quantitative estimate of drug-likeness (QED) is 0.214.